The number of carbonyl (C=O) groups is 1. The van der Waals surface area contributed by atoms with Crippen molar-refractivity contribution in [3.8, 4) is 5.75 Å². The van der Waals surface area contributed by atoms with Crippen LogP contribution in [0.3, 0.4) is 0 Å². The molecule has 4 aliphatic carbocycles. The summed E-state index contributed by atoms with van der Waals surface area (Å²) in [6, 6.07) is 7.37. The van der Waals surface area contributed by atoms with E-state index in [0.29, 0.717) is 41.0 Å². The lowest BCUT2D eigenvalue weighted by atomic mass is 9.43. The molecule has 5 unspecified atom stereocenters. The second-order valence-electron chi connectivity index (χ2n) is 12.6. The minimum absolute atomic E-state index is 0. The lowest BCUT2D eigenvalue weighted by molar-refractivity contribution is -0.141. The summed E-state index contributed by atoms with van der Waals surface area (Å²) in [5.41, 5.74) is 3.44. The Hall–Kier alpha value is -1.01. The monoisotopic (exact) mass is 519 g/mol. The number of phenols is 1. The molecule has 3 saturated carbocycles. The van der Waals surface area contributed by atoms with E-state index in [1.54, 1.807) is 0 Å². The smallest absolute Gasteiger partial charge is 0.239 e. The van der Waals surface area contributed by atoms with Gasteiger partial charge in [-0.25, -0.2) is 0 Å². The average Bonchev–Trinajstić information content (AvgIpc) is 3.24. The molecule has 35 heavy (non-hydrogen) atoms. The summed E-state index contributed by atoms with van der Waals surface area (Å²) in [5.74, 6) is 2.94. The third kappa shape index (κ3) is 3.05. The molecule has 0 spiro atoms. The number of piperidine rings is 1. The Morgan fingerprint density at radius 1 is 1.14 bits per heavy atom. The fourth-order valence-corrected chi connectivity index (χ4v) is 10.3. The molecule has 0 radical (unpaired) electrons. The Kier molecular flexibility index (Phi) is 5.73. The molecule has 7 heteroatoms. The van der Waals surface area contributed by atoms with Crippen LogP contribution in [0.2, 0.25) is 0 Å². The Balaban J connectivity index is 0.00000114. The maximum atomic E-state index is 13.6. The molecule has 1 aromatic rings. The number of aromatic hydroxyl groups is 1. The van der Waals surface area contributed by atoms with Gasteiger partial charge in [0, 0.05) is 30.6 Å². The van der Waals surface area contributed by atoms with E-state index >= 15 is 0 Å². The molecule has 3 aliphatic heterocycles. The highest BCUT2D eigenvalue weighted by Gasteiger charge is 2.76. The van der Waals surface area contributed by atoms with Crippen LogP contribution in [0.4, 0.5) is 0 Å². The molecule has 3 saturated heterocycles. The van der Waals surface area contributed by atoms with Gasteiger partial charge in [-0.15, -0.1) is 24.8 Å². The van der Waals surface area contributed by atoms with Crippen molar-refractivity contribution in [1.29, 1.82) is 0 Å². The van der Waals surface area contributed by atoms with Crippen LogP contribution in [0, 0.1) is 23.2 Å². The summed E-state index contributed by atoms with van der Waals surface area (Å²) in [6.45, 7) is 4.46. The van der Waals surface area contributed by atoms with Gasteiger partial charge in [-0.05, 0) is 117 Å². The third-order valence-corrected chi connectivity index (χ3v) is 11.4. The second-order valence-corrected chi connectivity index (χ2v) is 12.6. The number of benzene rings is 1. The van der Waals surface area contributed by atoms with Crippen molar-refractivity contribution in [3.63, 3.8) is 0 Å². The van der Waals surface area contributed by atoms with Crippen LogP contribution >= 0.6 is 24.8 Å². The maximum Gasteiger partial charge on any atom is 0.239 e. The van der Waals surface area contributed by atoms with E-state index in [-0.39, 0.29) is 36.3 Å². The van der Waals surface area contributed by atoms with Crippen molar-refractivity contribution in [2.75, 3.05) is 26.2 Å². The third-order valence-electron chi connectivity index (χ3n) is 11.4. The van der Waals surface area contributed by atoms with E-state index in [1.807, 2.05) is 6.07 Å². The number of halogens is 2. The van der Waals surface area contributed by atoms with Crippen LogP contribution < -0.4 is 5.32 Å². The Morgan fingerprint density at radius 3 is 2.77 bits per heavy atom. The Morgan fingerprint density at radius 2 is 2.00 bits per heavy atom. The fourth-order valence-electron chi connectivity index (χ4n) is 10.3. The summed E-state index contributed by atoms with van der Waals surface area (Å²) in [4.78, 5) is 18.8. The zero-order chi connectivity index (χ0) is 21.9. The molecule has 0 aromatic heterocycles. The molecule has 3 heterocycles. The molecule has 7 aliphatic rings. The van der Waals surface area contributed by atoms with Gasteiger partial charge in [0.15, 0.2) is 0 Å². The van der Waals surface area contributed by atoms with Crippen LogP contribution in [0.25, 0.3) is 0 Å². The van der Waals surface area contributed by atoms with E-state index in [9.17, 15) is 9.90 Å². The summed E-state index contributed by atoms with van der Waals surface area (Å²) in [5, 5.41) is 14.1. The van der Waals surface area contributed by atoms with Crippen LogP contribution in [-0.2, 0) is 16.6 Å². The predicted molar refractivity (Wildman–Crippen MR) is 140 cm³/mol. The number of hydrogen-bond donors (Lipinski definition) is 2. The first-order chi connectivity index (χ1) is 16.1. The minimum Gasteiger partial charge on any atom is -0.508 e. The van der Waals surface area contributed by atoms with E-state index in [4.69, 9.17) is 0 Å². The molecule has 192 valence electrons. The van der Waals surface area contributed by atoms with Gasteiger partial charge in [-0.3, -0.25) is 9.69 Å². The van der Waals surface area contributed by atoms with Gasteiger partial charge in [0.25, 0.3) is 0 Å². The summed E-state index contributed by atoms with van der Waals surface area (Å²) in [6.07, 6.45) is 11.1. The standard InChI is InChI=1S/C28H37N3O2.2ClH/c32-20-6-5-18-12-24-27-8-7-23-25(19(14-27)16-31(23)26(33)22-2-1-10-29-22)28(27,21(18)13-20)9-11-30(24)15-17-3-4-17;;/h5-6,13,17,19,22-25,29,32H,1-4,7-12,14-16H2;2*1H/t19-,22-,23?,24?,25?,27?,28?;;/m1../s1. The van der Waals surface area contributed by atoms with E-state index in [0.717, 1.165) is 38.3 Å². The second kappa shape index (κ2) is 8.24. The molecule has 6 fully saturated rings. The Bertz CT molecular complexity index is 1030. The van der Waals surface area contributed by atoms with E-state index in [1.165, 1.54) is 62.7 Å². The first-order valence-corrected chi connectivity index (χ1v) is 13.7. The molecule has 4 bridgehead atoms. The average molecular weight is 521 g/mol. The van der Waals surface area contributed by atoms with Gasteiger partial charge in [0.1, 0.15) is 5.75 Å². The largest absolute Gasteiger partial charge is 0.508 e. The van der Waals surface area contributed by atoms with Crippen molar-refractivity contribution in [2.24, 2.45) is 23.2 Å². The normalized spacial score (nSPS) is 42.6. The lowest BCUT2D eigenvalue weighted by Gasteiger charge is -2.66. The molecule has 2 N–H and O–H groups in total. The molecular formula is C28H39Cl2N3O2. The first kappa shape index (κ1) is 24.3. The van der Waals surface area contributed by atoms with Crippen LogP contribution in [0.5, 0.6) is 5.75 Å². The Labute approximate surface area is 221 Å². The lowest BCUT2D eigenvalue weighted by Crippen LogP contribution is -2.70. The summed E-state index contributed by atoms with van der Waals surface area (Å²) in [7, 11) is 0. The highest BCUT2D eigenvalue weighted by atomic mass is 35.5. The van der Waals surface area contributed by atoms with Crippen molar-refractivity contribution >= 4 is 30.7 Å². The molecule has 5 nitrogen and oxygen atoms in total. The highest BCUT2D eigenvalue weighted by molar-refractivity contribution is 5.85. The first-order valence-electron chi connectivity index (χ1n) is 13.7. The molecule has 8 rings (SSSR count). The number of nitrogens with one attached hydrogen (secondary N) is 1. The van der Waals surface area contributed by atoms with E-state index < -0.39 is 0 Å². The van der Waals surface area contributed by atoms with Crippen LogP contribution in [-0.4, -0.2) is 65.1 Å². The van der Waals surface area contributed by atoms with Gasteiger partial charge in [0.2, 0.25) is 5.91 Å². The molecule has 7 atom stereocenters. The number of fused-ring (bicyclic) bond motifs is 1. The maximum absolute atomic E-state index is 13.6. The van der Waals surface area contributed by atoms with Gasteiger partial charge < -0.3 is 15.3 Å². The van der Waals surface area contributed by atoms with Crippen molar-refractivity contribution in [3.05, 3.63) is 29.3 Å². The fraction of sp³-hybridized carbons (Fsp3) is 0.750. The number of phenolic OH excluding ortho intramolecular Hbond substituents is 1. The quantitative estimate of drug-likeness (QED) is 0.635. The SMILES string of the molecule is Cl.Cl.O=C([C@H]1CCCN1)N1C[C@H]2CC34CCC1C2C31CCN(CC2CC2)C4Cc2ccc(O)cc21. The number of amides is 1. The topological polar surface area (TPSA) is 55.8 Å². The van der Waals surface area contributed by atoms with Crippen LogP contribution in [0.1, 0.15) is 62.5 Å². The summed E-state index contributed by atoms with van der Waals surface area (Å²) < 4.78 is 0. The number of nitrogens with zero attached hydrogens (tertiary/aromatic N) is 2. The zero-order valence-corrected chi connectivity index (χ0v) is 22.1. The number of rotatable bonds is 3. The predicted octanol–water partition coefficient (Wildman–Crippen LogP) is 3.89. The van der Waals surface area contributed by atoms with E-state index in [2.05, 4.69) is 27.2 Å². The van der Waals surface area contributed by atoms with Crippen LogP contribution in [0.15, 0.2) is 18.2 Å². The number of likely N-dealkylation sites (tertiary alicyclic amines) is 2. The zero-order valence-electron chi connectivity index (χ0n) is 20.5. The molecular weight excluding hydrogens is 481 g/mol. The minimum atomic E-state index is 0. The summed E-state index contributed by atoms with van der Waals surface area (Å²) >= 11 is 0. The number of hydrogen-bond acceptors (Lipinski definition) is 4. The van der Waals surface area contributed by atoms with Crippen molar-refractivity contribution < 1.29 is 9.90 Å². The molecule has 1 aromatic carbocycles. The van der Waals surface area contributed by atoms with Gasteiger partial charge >= 0.3 is 0 Å². The highest BCUT2D eigenvalue weighted by Crippen LogP contribution is 2.75. The van der Waals surface area contributed by atoms with Gasteiger partial charge in [-0.1, -0.05) is 6.07 Å². The van der Waals surface area contributed by atoms with Crippen molar-refractivity contribution in [1.82, 2.24) is 15.1 Å². The van der Waals surface area contributed by atoms with Crippen molar-refractivity contribution in [2.45, 2.75) is 81.3 Å². The van der Waals surface area contributed by atoms with Gasteiger partial charge in [0.05, 0.1) is 6.04 Å². The molecule has 1 amide bonds. The van der Waals surface area contributed by atoms with Gasteiger partial charge in [-0.2, -0.15) is 0 Å². The number of carbonyl (C=O) groups excluding carboxylic acids is 1.